The van der Waals surface area contributed by atoms with E-state index in [2.05, 4.69) is 9.71 Å². The van der Waals surface area contributed by atoms with Crippen LogP contribution in [0.2, 0.25) is 5.15 Å². The minimum atomic E-state index is -3.67. The highest BCUT2D eigenvalue weighted by molar-refractivity contribution is 7.89. The second-order valence-corrected chi connectivity index (χ2v) is 6.85. The second kappa shape index (κ2) is 5.97. The summed E-state index contributed by atoms with van der Waals surface area (Å²) < 4.78 is 26.5. The number of aliphatic hydroxyl groups excluding tert-OH is 1. The van der Waals surface area contributed by atoms with Crippen molar-refractivity contribution < 1.29 is 13.5 Å². The molecule has 5 nitrogen and oxygen atoms in total. The van der Waals surface area contributed by atoms with Gasteiger partial charge in [0.1, 0.15) is 10.0 Å². The van der Waals surface area contributed by atoms with Gasteiger partial charge < -0.3 is 5.11 Å². The Balaban J connectivity index is 2.81. The molecule has 0 aromatic carbocycles. The molecule has 0 radical (unpaired) electrons. The maximum Gasteiger partial charge on any atom is 0.243 e. The van der Waals surface area contributed by atoms with Gasteiger partial charge in [0.25, 0.3) is 0 Å². The molecule has 0 unspecified atom stereocenters. The van der Waals surface area contributed by atoms with Crippen molar-refractivity contribution in [3.8, 4) is 0 Å². The van der Waals surface area contributed by atoms with Crippen LogP contribution < -0.4 is 4.72 Å². The summed E-state index contributed by atoms with van der Waals surface area (Å²) in [6.45, 7) is 3.98. The summed E-state index contributed by atoms with van der Waals surface area (Å²) >= 11 is 5.75. The van der Waals surface area contributed by atoms with Gasteiger partial charge in [-0.3, -0.25) is 0 Å². The highest BCUT2D eigenvalue weighted by Gasteiger charge is 2.23. The van der Waals surface area contributed by atoms with Gasteiger partial charge >= 0.3 is 0 Å². The van der Waals surface area contributed by atoms with Crippen LogP contribution in [0, 0.1) is 5.41 Å². The number of halogens is 1. The zero-order valence-electron chi connectivity index (χ0n) is 10.4. The molecule has 0 aliphatic carbocycles. The first kappa shape index (κ1) is 15.4. The van der Waals surface area contributed by atoms with Gasteiger partial charge in [0.15, 0.2) is 0 Å². The zero-order valence-corrected chi connectivity index (χ0v) is 11.9. The molecule has 0 saturated heterocycles. The molecule has 7 heteroatoms. The number of rotatable bonds is 6. The first-order valence-electron chi connectivity index (χ1n) is 5.49. The molecule has 1 rings (SSSR count). The summed E-state index contributed by atoms with van der Waals surface area (Å²) in [5.41, 5.74) is -0.323. The predicted molar refractivity (Wildman–Crippen MR) is 69.9 cm³/mol. The molecule has 0 spiro atoms. The maximum absolute atomic E-state index is 12.0. The zero-order chi connectivity index (χ0) is 13.8. The third kappa shape index (κ3) is 4.20. The lowest BCUT2D eigenvalue weighted by molar-refractivity contribution is 0.213. The molecule has 0 bridgehead atoms. The molecule has 1 heterocycles. The number of nitrogens with zero attached hydrogens (tertiary/aromatic N) is 1. The molecule has 0 aliphatic heterocycles. The van der Waals surface area contributed by atoms with Crippen LogP contribution in [0.1, 0.15) is 20.3 Å². The van der Waals surface area contributed by atoms with Crippen molar-refractivity contribution in [2.45, 2.75) is 25.2 Å². The molecule has 0 aliphatic rings. The van der Waals surface area contributed by atoms with Crippen LogP contribution in [0.4, 0.5) is 0 Å². The van der Waals surface area contributed by atoms with Crippen molar-refractivity contribution in [2.24, 2.45) is 5.41 Å². The summed E-state index contributed by atoms with van der Waals surface area (Å²) in [5, 5.41) is 8.83. The molecular weight excluding hydrogens is 276 g/mol. The minimum Gasteiger partial charge on any atom is -0.396 e. The Bertz CT molecular complexity index is 503. The van der Waals surface area contributed by atoms with Gasteiger partial charge in [0.2, 0.25) is 10.0 Å². The number of hydrogen-bond donors (Lipinski definition) is 2. The lowest BCUT2D eigenvalue weighted by Gasteiger charge is -2.23. The summed E-state index contributed by atoms with van der Waals surface area (Å²) in [6, 6.07) is 2.91. The average molecular weight is 293 g/mol. The minimum absolute atomic E-state index is 0.0162. The Kier molecular flexibility index (Phi) is 5.10. The standard InChI is InChI=1S/C11H17ClN2O3S/c1-11(2,5-7-15)8-14-18(16,17)9-4-3-6-13-10(9)12/h3-4,6,14-15H,5,7-8H2,1-2H3. The van der Waals surface area contributed by atoms with E-state index in [-0.39, 0.29) is 28.6 Å². The van der Waals surface area contributed by atoms with Crippen LogP contribution in [0.25, 0.3) is 0 Å². The normalized spacial score (nSPS) is 12.7. The third-order valence-corrected chi connectivity index (χ3v) is 4.39. The van der Waals surface area contributed by atoms with Crippen molar-refractivity contribution in [3.63, 3.8) is 0 Å². The SMILES string of the molecule is CC(C)(CCO)CNS(=O)(=O)c1cccnc1Cl. The molecule has 0 amide bonds. The first-order valence-corrected chi connectivity index (χ1v) is 7.36. The fourth-order valence-electron chi connectivity index (χ4n) is 1.33. The number of aromatic nitrogens is 1. The van der Waals surface area contributed by atoms with E-state index in [9.17, 15) is 8.42 Å². The Morgan fingerprint density at radius 2 is 2.17 bits per heavy atom. The summed E-state index contributed by atoms with van der Waals surface area (Å²) in [5.74, 6) is 0. The van der Waals surface area contributed by atoms with E-state index < -0.39 is 10.0 Å². The summed E-state index contributed by atoms with van der Waals surface area (Å²) in [4.78, 5) is 3.70. The molecular formula is C11H17ClN2O3S. The van der Waals surface area contributed by atoms with Crippen molar-refractivity contribution >= 4 is 21.6 Å². The van der Waals surface area contributed by atoms with Gasteiger partial charge in [0, 0.05) is 19.3 Å². The van der Waals surface area contributed by atoms with Crippen molar-refractivity contribution in [2.75, 3.05) is 13.2 Å². The summed E-state index contributed by atoms with van der Waals surface area (Å²) in [7, 11) is -3.67. The number of nitrogens with one attached hydrogen (secondary N) is 1. The summed E-state index contributed by atoms with van der Waals surface area (Å²) in [6.07, 6.45) is 1.94. The highest BCUT2D eigenvalue weighted by Crippen LogP contribution is 2.21. The molecule has 0 atom stereocenters. The monoisotopic (exact) mass is 292 g/mol. The third-order valence-electron chi connectivity index (χ3n) is 2.54. The number of pyridine rings is 1. The van der Waals surface area contributed by atoms with Gasteiger partial charge in [-0.15, -0.1) is 0 Å². The quantitative estimate of drug-likeness (QED) is 0.777. The number of hydrogen-bond acceptors (Lipinski definition) is 4. The van der Waals surface area contributed by atoms with Gasteiger partial charge in [0.05, 0.1) is 0 Å². The first-order chi connectivity index (χ1) is 8.28. The highest BCUT2D eigenvalue weighted by atomic mass is 35.5. The van der Waals surface area contributed by atoms with E-state index in [4.69, 9.17) is 16.7 Å². The molecule has 2 N–H and O–H groups in total. The van der Waals surface area contributed by atoms with Crippen molar-refractivity contribution in [1.82, 2.24) is 9.71 Å². The molecule has 0 saturated carbocycles. The van der Waals surface area contributed by atoms with Crippen molar-refractivity contribution in [3.05, 3.63) is 23.5 Å². The van der Waals surface area contributed by atoms with E-state index >= 15 is 0 Å². The van der Waals surface area contributed by atoms with Gasteiger partial charge in [-0.2, -0.15) is 0 Å². The Morgan fingerprint density at radius 3 is 2.72 bits per heavy atom. The Hall–Kier alpha value is -0.690. The second-order valence-electron chi connectivity index (χ2n) is 4.75. The molecule has 1 aromatic heterocycles. The van der Waals surface area contributed by atoms with Crippen LogP contribution in [0.5, 0.6) is 0 Å². The Labute approximate surface area is 112 Å². The smallest absolute Gasteiger partial charge is 0.243 e. The van der Waals surface area contributed by atoms with Crippen molar-refractivity contribution in [1.29, 1.82) is 0 Å². The van der Waals surface area contributed by atoms with Crippen LogP contribution in [-0.4, -0.2) is 31.7 Å². The van der Waals surface area contributed by atoms with Crippen LogP contribution >= 0.6 is 11.6 Å². The fourth-order valence-corrected chi connectivity index (χ4v) is 3.02. The topological polar surface area (TPSA) is 79.3 Å². The van der Waals surface area contributed by atoms with Gasteiger partial charge in [-0.05, 0) is 24.0 Å². The molecule has 102 valence electrons. The van der Waals surface area contributed by atoms with Gasteiger partial charge in [-0.1, -0.05) is 25.4 Å². The molecule has 1 aromatic rings. The van der Waals surface area contributed by atoms with E-state index in [0.717, 1.165) is 0 Å². The van der Waals surface area contributed by atoms with Crippen LogP contribution in [0.15, 0.2) is 23.2 Å². The lowest BCUT2D eigenvalue weighted by atomic mass is 9.90. The van der Waals surface area contributed by atoms with E-state index in [0.29, 0.717) is 6.42 Å². The average Bonchev–Trinajstić information content (AvgIpc) is 2.27. The predicted octanol–water partition coefficient (Wildman–Crippen LogP) is 1.42. The molecule has 0 fully saturated rings. The van der Waals surface area contributed by atoms with Gasteiger partial charge in [-0.25, -0.2) is 18.1 Å². The Morgan fingerprint density at radius 1 is 1.50 bits per heavy atom. The lowest BCUT2D eigenvalue weighted by Crippen LogP contribution is -2.34. The molecule has 18 heavy (non-hydrogen) atoms. The fraction of sp³-hybridized carbons (Fsp3) is 0.545. The number of sulfonamides is 1. The van der Waals surface area contributed by atoms with Crippen LogP contribution in [-0.2, 0) is 10.0 Å². The van der Waals surface area contributed by atoms with Crippen LogP contribution in [0.3, 0.4) is 0 Å². The van der Waals surface area contributed by atoms with E-state index in [1.54, 1.807) is 0 Å². The maximum atomic E-state index is 12.0. The number of aliphatic hydroxyl groups is 1. The van der Waals surface area contributed by atoms with E-state index in [1.165, 1.54) is 18.3 Å². The van der Waals surface area contributed by atoms with E-state index in [1.807, 2.05) is 13.8 Å². The largest absolute Gasteiger partial charge is 0.396 e.